The number of halogens is 1. The van der Waals surface area contributed by atoms with Gasteiger partial charge in [-0.2, -0.15) is 0 Å². The first kappa shape index (κ1) is 14.3. The summed E-state index contributed by atoms with van der Waals surface area (Å²) in [4.78, 5) is 0.328. The first-order chi connectivity index (χ1) is 7.85. The number of hydrogen-bond acceptors (Lipinski definition) is 2. The molecule has 0 aliphatic carbocycles. The van der Waals surface area contributed by atoms with Gasteiger partial charge in [0.1, 0.15) is 4.99 Å². The van der Waals surface area contributed by atoms with Crippen molar-refractivity contribution in [1.29, 1.82) is 0 Å². The molecule has 0 atom stereocenters. The van der Waals surface area contributed by atoms with Gasteiger partial charge in [0, 0.05) is 16.8 Å². The molecule has 1 aromatic carbocycles. The van der Waals surface area contributed by atoms with Crippen molar-refractivity contribution < 1.29 is 0 Å². The predicted octanol–water partition coefficient (Wildman–Crippen LogP) is 3.96. The van der Waals surface area contributed by atoms with Crippen molar-refractivity contribution in [1.82, 2.24) is 0 Å². The fourth-order valence-corrected chi connectivity index (χ4v) is 2.39. The molecule has 0 fully saturated rings. The van der Waals surface area contributed by atoms with Crippen LogP contribution in [0.3, 0.4) is 0 Å². The summed E-state index contributed by atoms with van der Waals surface area (Å²) < 4.78 is 0. The summed E-state index contributed by atoms with van der Waals surface area (Å²) in [6.07, 6.45) is 2.24. The molecule has 0 unspecified atom stereocenters. The molecule has 2 nitrogen and oxygen atoms in total. The minimum atomic E-state index is 0.0584. The molecule has 0 bridgehead atoms. The fourth-order valence-electron chi connectivity index (χ4n) is 1.87. The first-order valence-electron chi connectivity index (χ1n) is 5.73. The van der Waals surface area contributed by atoms with Crippen LogP contribution in [0.25, 0.3) is 0 Å². The van der Waals surface area contributed by atoms with E-state index in [1.54, 1.807) is 0 Å². The molecule has 1 rings (SSSR count). The van der Waals surface area contributed by atoms with Crippen molar-refractivity contribution in [2.24, 2.45) is 5.73 Å². The average molecular weight is 271 g/mol. The summed E-state index contributed by atoms with van der Waals surface area (Å²) in [7, 11) is 0. The monoisotopic (exact) mass is 270 g/mol. The molecule has 3 N–H and O–H groups in total. The quantitative estimate of drug-likeness (QED) is 0.796. The maximum atomic E-state index is 6.12. The maximum absolute atomic E-state index is 6.12. The number of rotatable bonds is 5. The molecule has 0 aromatic heterocycles. The van der Waals surface area contributed by atoms with Crippen LogP contribution < -0.4 is 11.1 Å². The van der Waals surface area contributed by atoms with Gasteiger partial charge in [-0.3, -0.25) is 0 Å². The number of thiocarbonyl (C=S) groups is 1. The van der Waals surface area contributed by atoms with Gasteiger partial charge in [-0.15, -0.1) is 0 Å². The van der Waals surface area contributed by atoms with Gasteiger partial charge in [-0.25, -0.2) is 0 Å². The highest BCUT2D eigenvalue weighted by Gasteiger charge is 2.16. The van der Waals surface area contributed by atoms with Crippen LogP contribution in [0.5, 0.6) is 0 Å². The third-order valence-corrected chi connectivity index (χ3v) is 3.12. The molecule has 94 valence electrons. The SMILES string of the molecule is CCCC(C)(C)Nc1ccc(C(N)=S)c(Cl)c1. The molecule has 0 radical (unpaired) electrons. The Morgan fingerprint density at radius 2 is 2.12 bits per heavy atom. The van der Waals surface area contributed by atoms with Crippen LogP contribution in [0.4, 0.5) is 5.69 Å². The van der Waals surface area contributed by atoms with Gasteiger partial charge >= 0.3 is 0 Å². The fraction of sp³-hybridized carbons (Fsp3) is 0.462. The number of anilines is 1. The van der Waals surface area contributed by atoms with Gasteiger partial charge in [0.15, 0.2) is 0 Å². The van der Waals surface area contributed by atoms with E-state index in [1.807, 2.05) is 18.2 Å². The molecule has 1 aromatic rings. The zero-order valence-electron chi connectivity index (χ0n) is 10.5. The van der Waals surface area contributed by atoms with Gasteiger partial charge in [-0.1, -0.05) is 37.2 Å². The van der Waals surface area contributed by atoms with E-state index >= 15 is 0 Å². The molecule has 0 spiro atoms. The zero-order valence-corrected chi connectivity index (χ0v) is 12.1. The van der Waals surface area contributed by atoms with Crippen LogP contribution in [-0.4, -0.2) is 10.5 Å². The normalized spacial score (nSPS) is 11.3. The van der Waals surface area contributed by atoms with Crippen LogP contribution >= 0.6 is 23.8 Å². The minimum Gasteiger partial charge on any atom is -0.389 e. The summed E-state index contributed by atoms with van der Waals surface area (Å²) in [5, 5.41) is 4.05. The third-order valence-electron chi connectivity index (χ3n) is 2.59. The van der Waals surface area contributed by atoms with Gasteiger partial charge in [0.25, 0.3) is 0 Å². The lowest BCUT2D eigenvalue weighted by atomic mass is 9.98. The van der Waals surface area contributed by atoms with Crippen molar-refractivity contribution in [3.05, 3.63) is 28.8 Å². The van der Waals surface area contributed by atoms with Crippen molar-refractivity contribution >= 4 is 34.5 Å². The molecule has 0 saturated heterocycles. The van der Waals surface area contributed by atoms with E-state index in [2.05, 4.69) is 26.1 Å². The van der Waals surface area contributed by atoms with E-state index in [9.17, 15) is 0 Å². The van der Waals surface area contributed by atoms with Crippen LogP contribution in [-0.2, 0) is 0 Å². The van der Waals surface area contributed by atoms with Gasteiger partial charge in [0.2, 0.25) is 0 Å². The lowest BCUT2D eigenvalue weighted by molar-refractivity contribution is 0.511. The molecular weight excluding hydrogens is 252 g/mol. The summed E-state index contributed by atoms with van der Waals surface area (Å²) in [6, 6.07) is 5.68. The standard InChI is InChI=1S/C13H19ClN2S/c1-4-7-13(2,3)16-9-5-6-10(12(15)17)11(14)8-9/h5-6,8,16H,4,7H2,1-3H3,(H2,15,17). The summed E-state index contributed by atoms with van der Waals surface area (Å²) in [5.74, 6) is 0. The molecule has 0 saturated carbocycles. The Hall–Kier alpha value is -0.800. The van der Waals surface area contributed by atoms with E-state index in [-0.39, 0.29) is 5.54 Å². The van der Waals surface area contributed by atoms with Crippen molar-refractivity contribution in [3.8, 4) is 0 Å². The van der Waals surface area contributed by atoms with Crippen LogP contribution in [0.2, 0.25) is 5.02 Å². The van der Waals surface area contributed by atoms with Crippen LogP contribution in [0.15, 0.2) is 18.2 Å². The number of nitrogens with one attached hydrogen (secondary N) is 1. The highest BCUT2D eigenvalue weighted by Crippen LogP contribution is 2.25. The largest absolute Gasteiger partial charge is 0.389 e. The second-order valence-corrected chi connectivity index (χ2v) is 5.66. The average Bonchev–Trinajstić information content (AvgIpc) is 2.15. The Balaban J connectivity index is 2.88. The lowest BCUT2D eigenvalue weighted by Crippen LogP contribution is -2.30. The topological polar surface area (TPSA) is 38.0 Å². The number of hydrogen-bond donors (Lipinski definition) is 2. The molecule has 0 amide bonds. The predicted molar refractivity (Wildman–Crippen MR) is 79.9 cm³/mol. The van der Waals surface area contributed by atoms with Crippen molar-refractivity contribution in [3.63, 3.8) is 0 Å². The molecule has 0 heterocycles. The number of nitrogens with two attached hydrogens (primary N) is 1. The second kappa shape index (κ2) is 5.69. The van der Waals surface area contributed by atoms with E-state index in [4.69, 9.17) is 29.6 Å². The van der Waals surface area contributed by atoms with E-state index in [1.165, 1.54) is 0 Å². The molecule has 4 heteroatoms. The Bertz CT molecular complexity index is 416. The highest BCUT2D eigenvalue weighted by molar-refractivity contribution is 7.80. The van der Waals surface area contributed by atoms with Crippen molar-refractivity contribution in [2.75, 3.05) is 5.32 Å². The van der Waals surface area contributed by atoms with E-state index in [0.717, 1.165) is 24.1 Å². The molecule has 17 heavy (non-hydrogen) atoms. The Labute approximate surface area is 114 Å². The molecule has 0 aliphatic rings. The van der Waals surface area contributed by atoms with Crippen LogP contribution in [0, 0.1) is 0 Å². The van der Waals surface area contributed by atoms with E-state index in [0.29, 0.717) is 10.0 Å². The maximum Gasteiger partial charge on any atom is 0.105 e. The molecule has 0 aliphatic heterocycles. The van der Waals surface area contributed by atoms with Gasteiger partial charge < -0.3 is 11.1 Å². The third kappa shape index (κ3) is 4.17. The Morgan fingerprint density at radius 3 is 2.59 bits per heavy atom. The second-order valence-electron chi connectivity index (χ2n) is 4.82. The first-order valence-corrected chi connectivity index (χ1v) is 6.52. The smallest absolute Gasteiger partial charge is 0.105 e. The Morgan fingerprint density at radius 1 is 1.47 bits per heavy atom. The Kier molecular flexibility index (Phi) is 4.78. The lowest BCUT2D eigenvalue weighted by Gasteiger charge is -2.27. The summed E-state index contributed by atoms with van der Waals surface area (Å²) in [6.45, 7) is 6.52. The van der Waals surface area contributed by atoms with E-state index < -0.39 is 0 Å². The van der Waals surface area contributed by atoms with Crippen LogP contribution in [0.1, 0.15) is 39.2 Å². The number of benzene rings is 1. The van der Waals surface area contributed by atoms with Crippen molar-refractivity contribution in [2.45, 2.75) is 39.2 Å². The minimum absolute atomic E-state index is 0.0584. The summed E-state index contributed by atoms with van der Waals surface area (Å²) >= 11 is 11.0. The highest BCUT2D eigenvalue weighted by atomic mass is 35.5. The van der Waals surface area contributed by atoms with Gasteiger partial charge in [-0.05, 0) is 38.5 Å². The molecular formula is C13H19ClN2S. The van der Waals surface area contributed by atoms with Gasteiger partial charge in [0.05, 0.1) is 5.02 Å². The zero-order chi connectivity index (χ0) is 13.1. The summed E-state index contributed by atoms with van der Waals surface area (Å²) in [5.41, 5.74) is 7.34.